The summed E-state index contributed by atoms with van der Waals surface area (Å²) in [5.41, 5.74) is -1.96. The molecule has 0 aliphatic heterocycles. The summed E-state index contributed by atoms with van der Waals surface area (Å²) in [5.74, 6) is -7.32. The van der Waals surface area contributed by atoms with Gasteiger partial charge in [-0.05, 0) is 12.1 Å². The van der Waals surface area contributed by atoms with E-state index in [0.717, 1.165) is 33.5 Å². The minimum atomic E-state index is -4.82. The lowest BCUT2D eigenvalue weighted by Crippen LogP contribution is -2.51. The van der Waals surface area contributed by atoms with Crippen LogP contribution >= 0.6 is 0 Å². The predicted molar refractivity (Wildman–Crippen MR) is 91.4 cm³/mol. The zero-order chi connectivity index (χ0) is 22.4. The van der Waals surface area contributed by atoms with Crippen LogP contribution in [0, 0.1) is 11.8 Å². The van der Waals surface area contributed by atoms with Gasteiger partial charge in [-0.2, -0.15) is 13.2 Å². The molecule has 0 bridgehead atoms. The summed E-state index contributed by atoms with van der Waals surface area (Å²) in [7, 11) is 2.97. The summed E-state index contributed by atoms with van der Waals surface area (Å²) < 4.78 is 53.1. The van der Waals surface area contributed by atoms with E-state index in [1.807, 2.05) is 0 Å². The minimum Gasteiger partial charge on any atom is -0.468 e. The van der Waals surface area contributed by atoms with Crippen molar-refractivity contribution in [1.82, 2.24) is 5.32 Å². The summed E-state index contributed by atoms with van der Waals surface area (Å²) >= 11 is 0. The standard InChI is InChI=1S/C18H20F3NO7/c1-9(12(15(24)27-2)16(25)28-3)13(17(26)29-4)22-14(23)10-7-5-6-8-11(10)18(19,20)21/h5-9,12-13H,1-4H3,(H,22,23)/t9-,13+/m0/s1. The summed E-state index contributed by atoms with van der Waals surface area (Å²) in [6, 6.07) is 2.31. The summed E-state index contributed by atoms with van der Waals surface area (Å²) in [5, 5.41) is 2.11. The third kappa shape index (κ3) is 5.69. The van der Waals surface area contributed by atoms with Crippen LogP contribution < -0.4 is 5.32 Å². The molecule has 1 N–H and O–H groups in total. The molecule has 1 aromatic carbocycles. The predicted octanol–water partition coefficient (Wildman–Crippen LogP) is 1.58. The Kier molecular flexibility index (Phi) is 8.16. The molecule has 1 aromatic rings. The molecule has 0 aliphatic carbocycles. The first-order chi connectivity index (χ1) is 13.5. The second-order valence-corrected chi connectivity index (χ2v) is 5.90. The third-order valence-corrected chi connectivity index (χ3v) is 4.18. The lowest BCUT2D eigenvalue weighted by molar-refractivity contribution is -0.163. The fourth-order valence-electron chi connectivity index (χ4n) is 2.65. The molecule has 0 heterocycles. The van der Waals surface area contributed by atoms with Gasteiger partial charge < -0.3 is 19.5 Å². The fourth-order valence-corrected chi connectivity index (χ4v) is 2.65. The van der Waals surface area contributed by atoms with Crippen LogP contribution in [0.2, 0.25) is 0 Å². The molecule has 1 amide bonds. The number of hydrogen-bond acceptors (Lipinski definition) is 7. The summed E-state index contributed by atoms with van der Waals surface area (Å²) in [4.78, 5) is 48.6. The van der Waals surface area contributed by atoms with Gasteiger partial charge in [0.2, 0.25) is 0 Å². The Morgan fingerprint density at radius 3 is 1.83 bits per heavy atom. The molecule has 0 saturated carbocycles. The number of nitrogens with one attached hydrogen (secondary N) is 1. The number of ether oxygens (including phenoxy) is 3. The highest BCUT2D eigenvalue weighted by Gasteiger charge is 2.43. The van der Waals surface area contributed by atoms with Crippen LogP contribution in [0.3, 0.4) is 0 Å². The van der Waals surface area contributed by atoms with Crippen molar-refractivity contribution in [2.45, 2.75) is 19.1 Å². The van der Waals surface area contributed by atoms with Crippen LogP contribution in [0.1, 0.15) is 22.8 Å². The van der Waals surface area contributed by atoms with Crippen LogP contribution in [-0.4, -0.2) is 51.2 Å². The smallest absolute Gasteiger partial charge is 0.417 e. The van der Waals surface area contributed by atoms with E-state index in [2.05, 4.69) is 19.5 Å². The van der Waals surface area contributed by atoms with Crippen molar-refractivity contribution in [3.63, 3.8) is 0 Å². The van der Waals surface area contributed by atoms with Gasteiger partial charge in [0.05, 0.1) is 32.5 Å². The van der Waals surface area contributed by atoms with E-state index < -0.39 is 59.0 Å². The van der Waals surface area contributed by atoms with Crippen LogP contribution in [0.15, 0.2) is 24.3 Å². The van der Waals surface area contributed by atoms with E-state index in [4.69, 9.17) is 0 Å². The van der Waals surface area contributed by atoms with Crippen LogP contribution in [-0.2, 0) is 34.8 Å². The third-order valence-electron chi connectivity index (χ3n) is 4.18. The Morgan fingerprint density at radius 1 is 0.897 bits per heavy atom. The summed E-state index contributed by atoms with van der Waals surface area (Å²) in [6.45, 7) is 1.25. The first-order valence-electron chi connectivity index (χ1n) is 8.20. The van der Waals surface area contributed by atoms with E-state index in [-0.39, 0.29) is 0 Å². The number of amides is 1. The van der Waals surface area contributed by atoms with E-state index in [9.17, 15) is 32.3 Å². The number of esters is 3. The van der Waals surface area contributed by atoms with Gasteiger partial charge in [-0.3, -0.25) is 14.4 Å². The molecular weight excluding hydrogens is 399 g/mol. The number of rotatable bonds is 7. The van der Waals surface area contributed by atoms with Gasteiger partial charge in [-0.15, -0.1) is 0 Å². The van der Waals surface area contributed by atoms with E-state index >= 15 is 0 Å². The number of benzene rings is 1. The lowest BCUT2D eigenvalue weighted by Gasteiger charge is -2.27. The molecule has 1 rings (SSSR count). The molecule has 29 heavy (non-hydrogen) atoms. The van der Waals surface area contributed by atoms with Gasteiger partial charge in [0.1, 0.15) is 6.04 Å². The van der Waals surface area contributed by atoms with Crippen molar-refractivity contribution in [3.8, 4) is 0 Å². The van der Waals surface area contributed by atoms with Crippen molar-refractivity contribution in [2.24, 2.45) is 11.8 Å². The molecule has 2 atom stereocenters. The highest BCUT2D eigenvalue weighted by atomic mass is 19.4. The van der Waals surface area contributed by atoms with Crippen molar-refractivity contribution in [1.29, 1.82) is 0 Å². The van der Waals surface area contributed by atoms with Gasteiger partial charge in [0, 0.05) is 5.92 Å². The average molecular weight is 419 g/mol. The van der Waals surface area contributed by atoms with E-state index in [1.54, 1.807) is 0 Å². The highest BCUT2D eigenvalue weighted by Crippen LogP contribution is 2.32. The topological polar surface area (TPSA) is 108 Å². The molecule has 0 aliphatic rings. The van der Waals surface area contributed by atoms with Crippen LogP contribution in [0.4, 0.5) is 13.2 Å². The largest absolute Gasteiger partial charge is 0.468 e. The number of halogens is 3. The first-order valence-corrected chi connectivity index (χ1v) is 8.20. The molecule has 11 heteroatoms. The van der Waals surface area contributed by atoms with E-state index in [1.165, 1.54) is 13.0 Å². The molecule has 0 radical (unpaired) electrons. The van der Waals surface area contributed by atoms with Gasteiger partial charge in [-0.25, -0.2) is 4.79 Å². The van der Waals surface area contributed by atoms with E-state index in [0.29, 0.717) is 6.07 Å². The summed E-state index contributed by atoms with van der Waals surface area (Å²) in [6.07, 6.45) is -4.82. The first kappa shape index (κ1) is 23.9. The molecule has 0 spiro atoms. The van der Waals surface area contributed by atoms with Gasteiger partial charge >= 0.3 is 24.1 Å². The Labute approximate surface area is 164 Å². The number of methoxy groups -OCH3 is 3. The van der Waals surface area contributed by atoms with Crippen molar-refractivity contribution in [2.75, 3.05) is 21.3 Å². The Bertz CT molecular complexity index is 763. The molecule has 160 valence electrons. The van der Waals surface area contributed by atoms with Gasteiger partial charge in [-0.1, -0.05) is 19.1 Å². The molecule has 8 nitrogen and oxygen atoms in total. The number of carbonyl (C=O) groups is 4. The quantitative estimate of drug-likeness (QED) is 0.406. The maximum atomic E-state index is 13.2. The lowest BCUT2D eigenvalue weighted by atomic mass is 9.87. The molecule has 0 aromatic heterocycles. The fraction of sp³-hybridized carbons (Fsp3) is 0.444. The zero-order valence-corrected chi connectivity index (χ0v) is 16.0. The average Bonchev–Trinajstić information content (AvgIpc) is 2.70. The Hall–Kier alpha value is -3.11. The zero-order valence-electron chi connectivity index (χ0n) is 16.0. The number of alkyl halides is 3. The maximum Gasteiger partial charge on any atom is 0.417 e. The number of hydrogen-bond donors (Lipinski definition) is 1. The minimum absolute atomic E-state index is 0.706. The Balaban J connectivity index is 3.31. The van der Waals surface area contributed by atoms with Crippen LogP contribution in [0.5, 0.6) is 0 Å². The maximum absolute atomic E-state index is 13.2. The monoisotopic (exact) mass is 419 g/mol. The molecular formula is C18H20F3NO7. The second-order valence-electron chi connectivity index (χ2n) is 5.90. The highest BCUT2D eigenvalue weighted by molar-refractivity contribution is 5.99. The Morgan fingerprint density at radius 2 is 1.38 bits per heavy atom. The van der Waals surface area contributed by atoms with Gasteiger partial charge in [0.15, 0.2) is 5.92 Å². The van der Waals surface area contributed by atoms with Crippen molar-refractivity contribution < 1.29 is 46.6 Å². The van der Waals surface area contributed by atoms with Crippen molar-refractivity contribution >= 4 is 23.8 Å². The molecule has 0 saturated heterocycles. The van der Waals surface area contributed by atoms with Crippen LogP contribution in [0.25, 0.3) is 0 Å². The molecule has 0 fully saturated rings. The normalized spacial score (nSPS) is 13.2. The number of carbonyl (C=O) groups excluding carboxylic acids is 4. The SMILES string of the molecule is COC(=O)C(C(=O)OC)[C@H](C)[C@@H](NC(=O)c1ccccc1C(F)(F)F)C(=O)OC. The molecule has 0 unspecified atom stereocenters. The van der Waals surface area contributed by atoms with Gasteiger partial charge in [0.25, 0.3) is 5.91 Å². The van der Waals surface area contributed by atoms with Crippen molar-refractivity contribution in [3.05, 3.63) is 35.4 Å². The second kappa shape index (κ2) is 9.89.